The van der Waals surface area contributed by atoms with Crippen molar-refractivity contribution in [3.8, 4) is 11.5 Å². The molecule has 1 fully saturated rings. The van der Waals surface area contributed by atoms with Crippen molar-refractivity contribution < 1.29 is 19.2 Å². The summed E-state index contributed by atoms with van der Waals surface area (Å²) in [5.74, 6) is 1.16. The molecule has 0 spiro atoms. The van der Waals surface area contributed by atoms with Gasteiger partial charge in [-0.25, -0.2) is 4.98 Å². The quantitative estimate of drug-likeness (QED) is 0.394. The molecular formula is C22H25N7O6. The average Bonchev–Trinajstić information content (AvgIpc) is 3.16. The normalized spacial score (nSPS) is 15.5. The van der Waals surface area contributed by atoms with E-state index in [1.165, 1.54) is 18.7 Å². The Bertz CT molecular complexity index is 1400. The van der Waals surface area contributed by atoms with Crippen LogP contribution in [0.5, 0.6) is 11.5 Å². The molecule has 2 aliphatic rings. The van der Waals surface area contributed by atoms with Crippen molar-refractivity contribution in [1.29, 1.82) is 0 Å². The number of nitro groups is 1. The minimum absolute atomic E-state index is 0.0396. The number of carbonyl (C=O) groups excluding carboxylic acids is 1. The minimum Gasteiger partial charge on any atom is -0.486 e. The van der Waals surface area contributed by atoms with Gasteiger partial charge in [0.1, 0.15) is 18.9 Å². The summed E-state index contributed by atoms with van der Waals surface area (Å²) in [6.45, 7) is 6.13. The number of aromatic nitrogens is 4. The van der Waals surface area contributed by atoms with Crippen molar-refractivity contribution >= 4 is 28.4 Å². The van der Waals surface area contributed by atoms with E-state index in [-0.39, 0.29) is 22.6 Å². The van der Waals surface area contributed by atoms with Crippen molar-refractivity contribution in [3.63, 3.8) is 0 Å². The van der Waals surface area contributed by atoms with Crippen LogP contribution in [0.15, 0.2) is 16.9 Å². The fourth-order valence-electron chi connectivity index (χ4n) is 4.64. The van der Waals surface area contributed by atoms with Gasteiger partial charge in [-0.2, -0.15) is 5.10 Å². The summed E-state index contributed by atoms with van der Waals surface area (Å²) in [5.41, 5.74) is 0.221. The molecule has 4 heterocycles. The first-order chi connectivity index (χ1) is 16.8. The maximum absolute atomic E-state index is 13.3. The highest BCUT2D eigenvalue weighted by Crippen LogP contribution is 2.33. The summed E-state index contributed by atoms with van der Waals surface area (Å²) in [4.78, 5) is 45.6. The lowest BCUT2D eigenvalue weighted by atomic mass is 10.2. The smallest absolute Gasteiger partial charge is 0.322 e. The molecule has 0 radical (unpaired) electrons. The van der Waals surface area contributed by atoms with E-state index in [2.05, 4.69) is 5.10 Å². The molecule has 13 heteroatoms. The van der Waals surface area contributed by atoms with Crippen molar-refractivity contribution in [2.75, 3.05) is 44.3 Å². The van der Waals surface area contributed by atoms with Gasteiger partial charge in [0.2, 0.25) is 11.6 Å². The Morgan fingerprint density at radius 1 is 1.14 bits per heavy atom. The van der Waals surface area contributed by atoms with Crippen LogP contribution < -0.4 is 19.9 Å². The average molecular weight is 483 g/mol. The van der Waals surface area contributed by atoms with Crippen LogP contribution in [0.3, 0.4) is 0 Å². The maximum Gasteiger partial charge on any atom is 0.322 e. The van der Waals surface area contributed by atoms with Gasteiger partial charge in [0.15, 0.2) is 11.5 Å². The third-order valence-corrected chi connectivity index (χ3v) is 6.34. The van der Waals surface area contributed by atoms with Crippen molar-refractivity contribution in [2.45, 2.75) is 20.4 Å². The summed E-state index contributed by atoms with van der Waals surface area (Å²) in [7, 11) is 1.52. The number of rotatable bonds is 4. The SMILES string of the molecule is CCn1c(N2CCN(C(=O)c3c([N+](=O)[O-])c(C)nn3C)CC2)nc2cc3c(cc2c1=O)OCCO3. The van der Waals surface area contributed by atoms with Gasteiger partial charge in [-0.1, -0.05) is 0 Å². The number of anilines is 1. The lowest BCUT2D eigenvalue weighted by molar-refractivity contribution is -0.385. The molecule has 1 saturated heterocycles. The molecule has 1 aromatic carbocycles. The van der Waals surface area contributed by atoms with Crippen LogP contribution >= 0.6 is 0 Å². The number of ether oxygens (including phenoxy) is 2. The van der Waals surface area contributed by atoms with Crippen LogP contribution in [0, 0.1) is 17.0 Å². The predicted octanol–water partition coefficient (Wildman–Crippen LogP) is 1.10. The summed E-state index contributed by atoms with van der Waals surface area (Å²) >= 11 is 0. The molecule has 0 unspecified atom stereocenters. The number of amides is 1. The van der Waals surface area contributed by atoms with E-state index in [0.717, 1.165) is 0 Å². The fourth-order valence-corrected chi connectivity index (χ4v) is 4.64. The molecule has 3 aromatic rings. The first-order valence-electron chi connectivity index (χ1n) is 11.4. The Hall–Kier alpha value is -4.16. The molecule has 13 nitrogen and oxygen atoms in total. The number of aryl methyl sites for hydroxylation is 2. The lowest BCUT2D eigenvalue weighted by Gasteiger charge is -2.36. The van der Waals surface area contributed by atoms with Gasteiger partial charge in [0, 0.05) is 45.8 Å². The summed E-state index contributed by atoms with van der Waals surface area (Å²) < 4.78 is 14.1. The Kier molecular flexibility index (Phi) is 5.53. The van der Waals surface area contributed by atoms with Crippen LogP contribution in [0.1, 0.15) is 23.1 Å². The van der Waals surface area contributed by atoms with Crippen molar-refractivity contribution in [1.82, 2.24) is 24.2 Å². The standard InChI is InChI=1S/C22H25N7O6/c1-4-28-20(30)14-11-16-17(35-10-9-34-16)12-15(14)23-22(28)27-7-5-26(6-8-27)21(31)19-18(29(32)33)13(2)24-25(19)3/h11-12H,4-10H2,1-3H3. The van der Waals surface area contributed by atoms with Crippen LogP contribution in [0.2, 0.25) is 0 Å². The number of nitrogens with zero attached hydrogens (tertiary/aromatic N) is 7. The Labute approximate surface area is 199 Å². The van der Waals surface area contributed by atoms with Gasteiger partial charge in [-0.05, 0) is 19.9 Å². The summed E-state index contributed by atoms with van der Waals surface area (Å²) in [6.07, 6.45) is 0. The molecule has 0 bridgehead atoms. The van der Waals surface area contributed by atoms with E-state index in [9.17, 15) is 19.7 Å². The second kappa shape index (κ2) is 8.56. The van der Waals surface area contributed by atoms with E-state index in [4.69, 9.17) is 14.5 Å². The van der Waals surface area contributed by atoms with E-state index in [0.29, 0.717) is 74.3 Å². The number of benzene rings is 1. The highest BCUT2D eigenvalue weighted by molar-refractivity contribution is 5.97. The van der Waals surface area contributed by atoms with E-state index in [1.807, 2.05) is 11.8 Å². The third-order valence-electron chi connectivity index (χ3n) is 6.34. The van der Waals surface area contributed by atoms with E-state index < -0.39 is 10.8 Å². The van der Waals surface area contributed by atoms with Gasteiger partial charge in [-0.15, -0.1) is 0 Å². The van der Waals surface area contributed by atoms with Crippen molar-refractivity contribution in [3.05, 3.63) is 44.0 Å². The third kappa shape index (κ3) is 3.72. The molecule has 0 saturated carbocycles. The van der Waals surface area contributed by atoms with Gasteiger partial charge in [0.05, 0.1) is 15.8 Å². The van der Waals surface area contributed by atoms with Crippen LogP contribution in [-0.2, 0) is 13.6 Å². The fraction of sp³-hybridized carbons (Fsp3) is 0.455. The lowest BCUT2D eigenvalue weighted by Crippen LogP contribution is -2.50. The molecule has 0 N–H and O–H groups in total. The second-order valence-corrected chi connectivity index (χ2v) is 8.42. The number of carbonyl (C=O) groups is 1. The van der Waals surface area contributed by atoms with E-state index in [1.54, 1.807) is 21.6 Å². The molecule has 2 aromatic heterocycles. The zero-order chi connectivity index (χ0) is 24.9. The highest BCUT2D eigenvalue weighted by Gasteiger charge is 2.34. The molecule has 0 atom stereocenters. The number of fused-ring (bicyclic) bond motifs is 2. The van der Waals surface area contributed by atoms with Crippen LogP contribution in [-0.4, -0.2) is 74.5 Å². The maximum atomic E-state index is 13.3. The molecule has 5 rings (SSSR count). The zero-order valence-electron chi connectivity index (χ0n) is 19.7. The number of piperazine rings is 1. The Morgan fingerprint density at radius 3 is 2.43 bits per heavy atom. The van der Waals surface area contributed by atoms with Gasteiger partial charge in [0.25, 0.3) is 11.5 Å². The molecule has 35 heavy (non-hydrogen) atoms. The van der Waals surface area contributed by atoms with E-state index >= 15 is 0 Å². The monoisotopic (exact) mass is 483 g/mol. The summed E-state index contributed by atoms with van der Waals surface area (Å²) in [5, 5.41) is 16.0. The second-order valence-electron chi connectivity index (χ2n) is 8.42. The van der Waals surface area contributed by atoms with Gasteiger partial charge >= 0.3 is 5.69 Å². The van der Waals surface area contributed by atoms with Gasteiger partial charge < -0.3 is 19.3 Å². The predicted molar refractivity (Wildman–Crippen MR) is 125 cm³/mol. The van der Waals surface area contributed by atoms with Gasteiger partial charge in [-0.3, -0.25) is 29.0 Å². The Balaban J connectivity index is 1.43. The largest absolute Gasteiger partial charge is 0.486 e. The summed E-state index contributed by atoms with van der Waals surface area (Å²) in [6, 6.07) is 3.40. The first-order valence-corrected chi connectivity index (χ1v) is 11.4. The van der Waals surface area contributed by atoms with Crippen molar-refractivity contribution in [2.24, 2.45) is 7.05 Å². The van der Waals surface area contributed by atoms with Crippen LogP contribution in [0.25, 0.3) is 10.9 Å². The molecule has 184 valence electrons. The first kappa shape index (κ1) is 22.6. The molecule has 1 amide bonds. The molecule has 2 aliphatic heterocycles. The van der Waals surface area contributed by atoms with Crippen LogP contribution in [0.4, 0.5) is 11.6 Å². The highest BCUT2D eigenvalue weighted by atomic mass is 16.6. The molecule has 0 aliphatic carbocycles. The molecular weight excluding hydrogens is 458 g/mol. The minimum atomic E-state index is -0.571. The number of hydrogen-bond donors (Lipinski definition) is 0. The topological polar surface area (TPSA) is 138 Å². The number of hydrogen-bond acceptors (Lipinski definition) is 9. The zero-order valence-corrected chi connectivity index (χ0v) is 19.7. The Morgan fingerprint density at radius 2 is 1.80 bits per heavy atom.